The van der Waals surface area contributed by atoms with Gasteiger partial charge in [-0.25, -0.2) is 14.0 Å². The summed E-state index contributed by atoms with van der Waals surface area (Å²) in [6, 6.07) is 7.66. The Balaban J connectivity index is 2.81. The second-order valence-electron chi connectivity index (χ2n) is 3.59. The molecule has 86 valence electrons. The highest BCUT2D eigenvalue weighted by atomic mass is 32.2. The van der Waals surface area contributed by atoms with E-state index in [-0.39, 0.29) is 0 Å². The van der Waals surface area contributed by atoms with E-state index in [2.05, 4.69) is 4.98 Å². The fourth-order valence-corrected chi connectivity index (χ4v) is 2.83. The maximum atomic E-state index is 12.1. The maximum absolute atomic E-state index is 12.1. The molecule has 5 heteroatoms. The molecule has 1 N–H and O–H groups in total. The standard InChI is InChI=1S/C11H15N3OS/c1-3-14-10-8-6-5-7-9(10)13-11(14)16(12,15)4-2/h5-8,12H,3-4H2,1-2H3. The van der Waals surface area contributed by atoms with Crippen molar-refractivity contribution in [1.29, 1.82) is 4.78 Å². The lowest BCUT2D eigenvalue weighted by Crippen LogP contribution is -2.10. The summed E-state index contributed by atoms with van der Waals surface area (Å²) in [7, 11) is -2.75. The molecule has 0 spiro atoms. The predicted octanol–water partition coefficient (Wildman–Crippen LogP) is 2.48. The van der Waals surface area contributed by atoms with E-state index < -0.39 is 9.73 Å². The van der Waals surface area contributed by atoms with Crippen LogP contribution in [0.15, 0.2) is 29.4 Å². The molecule has 0 amide bonds. The molecule has 16 heavy (non-hydrogen) atoms. The minimum absolute atomic E-state index is 0.302. The van der Waals surface area contributed by atoms with Crippen molar-refractivity contribution < 1.29 is 4.21 Å². The second kappa shape index (κ2) is 3.90. The van der Waals surface area contributed by atoms with Crippen LogP contribution in [0.25, 0.3) is 11.0 Å². The van der Waals surface area contributed by atoms with Gasteiger partial charge in [0, 0.05) is 12.3 Å². The number of nitrogens with zero attached hydrogens (tertiary/aromatic N) is 2. The van der Waals surface area contributed by atoms with Crippen molar-refractivity contribution in [2.45, 2.75) is 25.5 Å². The highest BCUT2D eigenvalue weighted by molar-refractivity contribution is 7.92. The average Bonchev–Trinajstić information content (AvgIpc) is 2.68. The smallest absolute Gasteiger partial charge is 0.208 e. The summed E-state index contributed by atoms with van der Waals surface area (Å²) in [5, 5.41) is 0.402. The van der Waals surface area contributed by atoms with Gasteiger partial charge in [-0.05, 0) is 19.1 Å². The van der Waals surface area contributed by atoms with E-state index in [4.69, 9.17) is 4.78 Å². The molecular formula is C11H15N3OS. The first-order valence-corrected chi connectivity index (χ1v) is 7.04. The van der Waals surface area contributed by atoms with E-state index >= 15 is 0 Å². The lowest BCUT2D eigenvalue weighted by atomic mass is 10.3. The molecule has 0 radical (unpaired) electrons. The molecule has 1 atom stereocenters. The number of hydrogen-bond acceptors (Lipinski definition) is 3. The highest BCUT2D eigenvalue weighted by Crippen LogP contribution is 2.20. The zero-order chi connectivity index (χ0) is 11.8. The van der Waals surface area contributed by atoms with Crippen molar-refractivity contribution >= 4 is 20.8 Å². The monoisotopic (exact) mass is 237 g/mol. The molecule has 0 aliphatic rings. The molecule has 0 saturated carbocycles. The summed E-state index contributed by atoms with van der Waals surface area (Å²) in [6.45, 7) is 4.42. The summed E-state index contributed by atoms with van der Waals surface area (Å²) in [5.74, 6) is 0.302. The number of aryl methyl sites for hydroxylation is 1. The number of rotatable bonds is 3. The largest absolute Gasteiger partial charge is 0.316 e. The fraction of sp³-hybridized carbons (Fsp3) is 0.364. The van der Waals surface area contributed by atoms with Crippen LogP contribution in [0.2, 0.25) is 0 Å². The van der Waals surface area contributed by atoms with Crippen LogP contribution in [-0.2, 0) is 16.3 Å². The summed E-state index contributed by atoms with van der Waals surface area (Å²) in [6.07, 6.45) is 0. The number of aromatic nitrogens is 2. The van der Waals surface area contributed by atoms with Crippen molar-refractivity contribution in [3.8, 4) is 0 Å². The Labute approximate surface area is 95.3 Å². The average molecular weight is 237 g/mol. The molecule has 0 aliphatic carbocycles. The van der Waals surface area contributed by atoms with Gasteiger partial charge in [-0.3, -0.25) is 0 Å². The lowest BCUT2D eigenvalue weighted by Gasteiger charge is -2.07. The van der Waals surface area contributed by atoms with Gasteiger partial charge in [0.05, 0.1) is 11.0 Å². The second-order valence-corrected chi connectivity index (χ2v) is 5.88. The highest BCUT2D eigenvalue weighted by Gasteiger charge is 2.17. The van der Waals surface area contributed by atoms with Crippen molar-refractivity contribution in [3.05, 3.63) is 24.3 Å². The Morgan fingerprint density at radius 3 is 2.69 bits per heavy atom. The van der Waals surface area contributed by atoms with Crippen LogP contribution < -0.4 is 0 Å². The van der Waals surface area contributed by atoms with Crippen molar-refractivity contribution in [3.63, 3.8) is 0 Å². The molecule has 1 heterocycles. The Kier molecular flexibility index (Phi) is 2.71. The molecule has 0 bridgehead atoms. The van der Waals surface area contributed by atoms with E-state index in [0.29, 0.717) is 17.5 Å². The topological polar surface area (TPSA) is 58.7 Å². The van der Waals surface area contributed by atoms with Gasteiger partial charge in [0.1, 0.15) is 9.73 Å². The third kappa shape index (κ3) is 1.61. The van der Waals surface area contributed by atoms with E-state index in [1.54, 1.807) is 6.92 Å². The maximum Gasteiger partial charge on any atom is 0.208 e. The summed E-state index contributed by atoms with van der Waals surface area (Å²) >= 11 is 0. The zero-order valence-corrected chi connectivity index (χ0v) is 10.3. The zero-order valence-electron chi connectivity index (χ0n) is 9.43. The van der Waals surface area contributed by atoms with Crippen LogP contribution in [-0.4, -0.2) is 19.5 Å². The van der Waals surface area contributed by atoms with E-state index in [1.807, 2.05) is 35.8 Å². The SMILES string of the molecule is CCn1c(S(=N)(=O)CC)nc2ccccc21. The van der Waals surface area contributed by atoms with Crippen LogP contribution in [0, 0.1) is 4.78 Å². The first-order chi connectivity index (χ1) is 7.60. The van der Waals surface area contributed by atoms with Gasteiger partial charge in [0.25, 0.3) is 0 Å². The first-order valence-electron chi connectivity index (χ1n) is 5.32. The lowest BCUT2D eigenvalue weighted by molar-refractivity contribution is 0.640. The molecule has 1 unspecified atom stereocenters. The molecule has 0 aliphatic heterocycles. The number of nitrogens with one attached hydrogen (secondary N) is 1. The molecule has 2 aromatic rings. The number of benzene rings is 1. The number of para-hydroxylation sites is 2. The van der Waals surface area contributed by atoms with Gasteiger partial charge >= 0.3 is 0 Å². The molecule has 0 saturated heterocycles. The van der Waals surface area contributed by atoms with Gasteiger partial charge in [-0.15, -0.1) is 0 Å². The van der Waals surface area contributed by atoms with Crippen LogP contribution >= 0.6 is 0 Å². The Bertz CT molecular complexity index is 613. The van der Waals surface area contributed by atoms with E-state index in [1.165, 1.54) is 0 Å². The quantitative estimate of drug-likeness (QED) is 0.891. The summed E-state index contributed by atoms with van der Waals surface area (Å²) in [4.78, 5) is 4.33. The van der Waals surface area contributed by atoms with E-state index in [0.717, 1.165) is 11.0 Å². The summed E-state index contributed by atoms with van der Waals surface area (Å²) in [5.41, 5.74) is 1.77. The summed E-state index contributed by atoms with van der Waals surface area (Å²) < 4.78 is 21.8. The third-order valence-electron chi connectivity index (χ3n) is 2.64. The molecular weight excluding hydrogens is 222 g/mol. The van der Waals surface area contributed by atoms with Gasteiger partial charge in [0.15, 0.2) is 0 Å². The molecule has 0 fully saturated rings. The van der Waals surface area contributed by atoms with Gasteiger partial charge in [0.2, 0.25) is 5.16 Å². The van der Waals surface area contributed by atoms with Crippen LogP contribution in [0.5, 0.6) is 0 Å². The molecule has 1 aromatic heterocycles. The fourth-order valence-electron chi connectivity index (χ4n) is 1.74. The molecule has 4 nitrogen and oxygen atoms in total. The van der Waals surface area contributed by atoms with Gasteiger partial charge in [-0.1, -0.05) is 19.1 Å². The predicted molar refractivity (Wildman–Crippen MR) is 65.1 cm³/mol. The first kappa shape index (κ1) is 11.1. The molecule has 2 rings (SSSR count). The third-order valence-corrected chi connectivity index (χ3v) is 4.35. The minimum Gasteiger partial charge on any atom is -0.316 e. The van der Waals surface area contributed by atoms with Crippen molar-refractivity contribution in [2.75, 3.05) is 5.75 Å². The van der Waals surface area contributed by atoms with Crippen LogP contribution in [0.3, 0.4) is 0 Å². The van der Waals surface area contributed by atoms with Gasteiger partial charge in [-0.2, -0.15) is 0 Å². The Hall–Kier alpha value is -1.36. The van der Waals surface area contributed by atoms with Gasteiger partial charge < -0.3 is 4.57 Å². The normalized spacial score (nSPS) is 15.1. The van der Waals surface area contributed by atoms with Crippen molar-refractivity contribution in [2.24, 2.45) is 0 Å². The Morgan fingerprint density at radius 1 is 1.38 bits per heavy atom. The minimum atomic E-state index is -2.75. The van der Waals surface area contributed by atoms with Crippen molar-refractivity contribution in [1.82, 2.24) is 9.55 Å². The van der Waals surface area contributed by atoms with E-state index in [9.17, 15) is 4.21 Å². The number of hydrogen-bond donors (Lipinski definition) is 1. The molecule has 1 aromatic carbocycles. The Morgan fingerprint density at radius 2 is 2.06 bits per heavy atom. The van der Waals surface area contributed by atoms with Crippen LogP contribution in [0.1, 0.15) is 13.8 Å². The number of fused-ring (bicyclic) bond motifs is 1. The van der Waals surface area contributed by atoms with Crippen LogP contribution in [0.4, 0.5) is 0 Å². The number of imidazole rings is 1.